The number of piperidine rings is 1. The van der Waals surface area contributed by atoms with Crippen molar-refractivity contribution in [2.75, 3.05) is 47.4 Å². The minimum atomic E-state index is -1.19. The number of urea groups is 1. The van der Waals surface area contributed by atoms with E-state index >= 15 is 0 Å². The van der Waals surface area contributed by atoms with Gasteiger partial charge in [-0.2, -0.15) is 49.9 Å². The second-order valence-electron chi connectivity index (χ2n) is 22.5. The van der Waals surface area contributed by atoms with E-state index in [1.54, 1.807) is 21.8 Å². The van der Waals surface area contributed by atoms with Crippen LogP contribution in [0.25, 0.3) is 22.3 Å². The van der Waals surface area contributed by atoms with Crippen LogP contribution in [0, 0.1) is 0 Å². The van der Waals surface area contributed by atoms with Gasteiger partial charge in [-0.15, -0.1) is 0 Å². The summed E-state index contributed by atoms with van der Waals surface area (Å²) in [6.07, 6.45) is 16.2. The van der Waals surface area contributed by atoms with Crippen molar-refractivity contribution in [3.63, 3.8) is 0 Å². The molecule has 4 fully saturated rings. The molecule has 12 rings (SSSR count). The molecule has 3 saturated carbocycles. The number of carbonyl (C=O) groups excluding carboxylic acids is 1. The topological polar surface area (TPSA) is 386 Å². The van der Waals surface area contributed by atoms with Crippen molar-refractivity contribution in [2.45, 2.75) is 177 Å². The van der Waals surface area contributed by atoms with Gasteiger partial charge in [-0.1, -0.05) is 6.92 Å². The van der Waals surface area contributed by atoms with Gasteiger partial charge in [0.2, 0.25) is 11.9 Å². The van der Waals surface area contributed by atoms with E-state index in [1.165, 1.54) is 22.0 Å². The molecule has 2 amide bonds. The van der Waals surface area contributed by atoms with E-state index in [0.717, 1.165) is 56.6 Å². The van der Waals surface area contributed by atoms with E-state index in [2.05, 4.69) is 75.4 Å². The number of amides is 2. The van der Waals surface area contributed by atoms with Crippen molar-refractivity contribution in [3.05, 3.63) is 72.9 Å². The molecule has 31 heteroatoms. The van der Waals surface area contributed by atoms with E-state index in [0.29, 0.717) is 109 Å². The second kappa shape index (κ2) is 24.7. The third-order valence-electron chi connectivity index (χ3n) is 16.9. The molecule has 3 aliphatic carbocycles. The van der Waals surface area contributed by atoms with Gasteiger partial charge in [-0.25, -0.2) is 24.7 Å². The molecule has 31 nitrogen and oxygen atoms in total. The molecule has 448 valence electrons. The van der Waals surface area contributed by atoms with Gasteiger partial charge in [0.25, 0.3) is 0 Å². The van der Waals surface area contributed by atoms with Crippen molar-refractivity contribution in [3.8, 4) is 0 Å². The first-order valence-electron chi connectivity index (χ1n) is 29.3. The van der Waals surface area contributed by atoms with Crippen LogP contribution in [0.5, 0.6) is 0 Å². The van der Waals surface area contributed by atoms with Crippen LogP contribution >= 0.6 is 0 Å². The molecule has 0 unspecified atom stereocenters. The van der Waals surface area contributed by atoms with E-state index in [-0.39, 0.29) is 50.2 Å². The first-order valence-corrected chi connectivity index (χ1v) is 29.3. The van der Waals surface area contributed by atoms with Gasteiger partial charge in [0.1, 0.15) is 47.9 Å². The fourth-order valence-corrected chi connectivity index (χ4v) is 12.2. The summed E-state index contributed by atoms with van der Waals surface area (Å²) in [5.41, 5.74) is 4.55. The predicted octanol–water partition coefficient (Wildman–Crippen LogP) is 1.09. The number of aryl methyl sites for hydroxylation is 2. The number of carbonyl (C=O) groups is 1. The molecule has 8 atom stereocenters. The molecular weight excluding hydrogens is 1080 g/mol. The van der Waals surface area contributed by atoms with Crippen LogP contribution < -0.4 is 26.6 Å². The first kappa shape index (κ1) is 56.5. The normalized spacial score (nSPS) is 24.8. The zero-order chi connectivity index (χ0) is 58.0. The molecule has 1 aliphatic heterocycles. The molecule has 1 saturated heterocycles. The number of hydrogen-bond acceptors (Lipinski definition) is 23. The van der Waals surface area contributed by atoms with Gasteiger partial charge in [-0.3, -0.25) is 0 Å². The zero-order valence-electron chi connectivity index (χ0n) is 47.0. The number of hydrogen-bond donors (Lipinski definition) is 11. The molecular formula is C53H74N24O7. The Labute approximate surface area is 482 Å². The SMILES string of the molecule is CCCn1cnc(CCNc2nc(N[C@H]3CC[C@H](NC(=O)N4CCC(Nc5nc(NCCc6cn(CC)cn6)nc6c5ncn6[C@@H]5C[C@H](n6ncc(CO)n6)[C@@H](O)[C@H]5O)CC4)CC3)c3ncn([C@@H]4C[C@H](n5ncc(CO)n5)[C@@H](O)[C@H]4O)c3n2)c1. The maximum absolute atomic E-state index is 13.9. The number of aromatic nitrogens is 18. The van der Waals surface area contributed by atoms with Gasteiger partial charge in [0.05, 0.1) is 74.4 Å². The fourth-order valence-electron chi connectivity index (χ4n) is 12.2. The van der Waals surface area contributed by atoms with Crippen LogP contribution in [-0.2, 0) is 39.1 Å². The minimum absolute atomic E-state index is 0.0153. The van der Waals surface area contributed by atoms with Crippen LogP contribution in [0.3, 0.4) is 0 Å². The lowest BCUT2D eigenvalue weighted by atomic mass is 9.91. The third-order valence-corrected chi connectivity index (χ3v) is 16.9. The smallest absolute Gasteiger partial charge is 0.317 e. The van der Waals surface area contributed by atoms with Crippen molar-refractivity contribution < 1.29 is 35.4 Å². The van der Waals surface area contributed by atoms with E-state index in [1.807, 2.05) is 34.5 Å². The molecule has 4 aliphatic rings. The Morgan fingerprint density at radius 2 is 1.05 bits per heavy atom. The number of nitrogens with zero attached hydrogens (tertiary/aromatic N) is 19. The van der Waals surface area contributed by atoms with Gasteiger partial charge in [0, 0.05) is 82.6 Å². The third kappa shape index (κ3) is 11.8. The second-order valence-corrected chi connectivity index (χ2v) is 22.5. The maximum Gasteiger partial charge on any atom is 0.317 e. The number of rotatable bonds is 22. The zero-order valence-corrected chi connectivity index (χ0v) is 47.0. The molecule has 0 bridgehead atoms. The summed E-state index contributed by atoms with van der Waals surface area (Å²) in [4.78, 5) is 56.7. The minimum Gasteiger partial charge on any atom is -0.390 e. The largest absolute Gasteiger partial charge is 0.390 e. The number of fused-ring (bicyclic) bond motifs is 2. The molecule has 84 heavy (non-hydrogen) atoms. The summed E-state index contributed by atoms with van der Waals surface area (Å²) in [6.45, 7) is 7.34. The highest BCUT2D eigenvalue weighted by molar-refractivity contribution is 5.85. The summed E-state index contributed by atoms with van der Waals surface area (Å²) in [5, 5.41) is 98.9. The molecule has 9 heterocycles. The lowest BCUT2D eigenvalue weighted by Crippen LogP contribution is -2.50. The lowest BCUT2D eigenvalue weighted by Gasteiger charge is -2.35. The molecule has 0 spiro atoms. The average molecular weight is 1160 g/mol. The van der Waals surface area contributed by atoms with Crippen molar-refractivity contribution in [1.29, 1.82) is 0 Å². The number of aliphatic hydroxyl groups excluding tert-OH is 6. The summed E-state index contributed by atoms with van der Waals surface area (Å²) in [6, 6.07) is -2.71. The van der Waals surface area contributed by atoms with Gasteiger partial charge in [-0.05, 0) is 64.7 Å². The summed E-state index contributed by atoms with van der Waals surface area (Å²) in [5.74, 6) is 1.77. The fraction of sp³-hybridized carbons (Fsp3) is 0.604. The molecule has 11 N–H and O–H groups in total. The molecule has 8 aromatic heterocycles. The van der Waals surface area contributed by atoms with Crippen LogP contribution in [-0.4, -0.2) is 198 Å². The summed E-state index contributed by atoms with van der Waals surface area (Å²) in [7, 11) is 0. The highest BCUT2D eigenvalue weighted by Gasteiger charge is 2.47. The quantitative estimate of drug-likeness (QED) is 0.0452. The highest BCUT2D eigenvalue weighted by Crippen LogP contribution is 2.42. The Morgan fingerprint density at radius 3 is 1.52 bits per heavy atom. The van der Waals surface area contributed by atoms with Crippen molar-refractivity contribution in [1.82, 2.24) is 98.3 Å². The number of aliphatic hydroxyl groups is 6. The predicted molar refractivity (Wildman–Crippen MR) is 303 cm³/mol. The van der Waals surface area contributed by atoms with Crippen molar-refractivity contribution in [2.24, 2.45) is 0 Å². The lowest BCUT2D eigenvalue weighted by molar-refractivity contribution is 0.00491. The van der Waals surface area contributed by atoms with E-state index in [4.69, 9.17) is 29.9 Å². The number of anilines is 4. The Balaban J connectivity index is 0.682. The number of nitrogens with one attached hydrogen (secondary N) is 5. The molecule has 0 radical (unpaired) electrons. The first-order chi connectivity index (χ1) is 40.9. The summed E-state index contributed by atoms with van der Waals surface area (Å²) >= 11 is 0. The van der Waals surface area contributed by atoms with Crippen LogP contribution in [0.15, 0.2) is 50.1 Å². The van der Waals surface area contributed by atoms with Crippen LogP contribution in [0.1, 0.15) is 119 Å². The van der Waals surface area contributed by atoms with Crippen molar-refractivity contribution >= 4 is 51.9 Å². The van der Waals surface area contributed by atoms with E-state index in [9.17, 15) is 35.4 Å². The highest BCUT2D eigenvalue weighted by atomic mass is 16.3. The molecule has 0 aromatic carbocycles. The Bertz CT molecular complexity index is 3500. The molecule has 8 aromatic rings. The monoisotopic (exact) mass is 1160 g/mol. The number of imidazole rings is 4. The van der Waals surface area contributed by atoms with Gasteiger partial charge >= 0.3 is 6.03 Å². The Morgan fingerprint density at radius 1 is 0.571 bits per heavy atom. The van der Waals surface area contributed by atoms with Crippen LogP contribution in [0.2, 0.25) is 0 Å². The van der Waals surface area contributed by atoms with Gasteiger partial charge < -0.3 is 80.4 Å². The Kier molecular flexibility index (Phi) is 16.6. The standard InChI is InChI=1S/C53H74N24O7/c1-3-15-72-23-34(57-27-72)10-14-55-51-65-47(41-49(67-51)74(28-58-41)37-18-39(45(82)43(37)80)76-60-20-35(24-78)69-76)62-30-5-7-31(8-6-30)64-53(84)73-16-11-32(12-17-73)63-48-42-50(68-52(66-48)54-13-9-33-22-71(4-2)26-56-33)75(29-59-42)38-19-40(46(83)44(38)81)77-61-21-36(25-79)70-77/h20-23,26-32,37-40,43-46,78-83H,3-19,24-25H2,1-2H3,(H,64,84)(H2,54,63,66,68)(H2,55,62,65,67)/t30-,31-,37-,38-,39+,40+,43+,44+,45-,46-/m1/s1. The maximum atomic E-state index is 13.9. The van der Waals surface area contributed by atoms with Gasteiger partial charge in [0.15, 0.2) is 34.0 Å². The number of likely N-dealkylation sites (tertiary alicyclic amines) is 1. The van der Waals surface area contributed by atoms with E-state index < -0.39 is 48.6 Å². The van der Waals surface area contributed by atoms with Crippen LogP contribution in [0.4, 0.5) is 28.3 Å². The summed E-state index contributed by atoms with van der Waals surface area (Å²) < 4.78 is 7.64. The Hall–Kier alpha value is -7.97. The average Bonchev–Trinajstić information content (AvgIpc) is 2.38.